The average molecular weight is 308 g/mol. The van der Waals surface area contributed by atoms with E-state index in [1.165, 1.54) is 18.2 Å². The van der Waals surface area contributed by atoms with Crippen molar-refractivity contribution in [2.75, 3.05) is 25.6 Å². The molecule has 1 aromatic rings. The van der Waals surface area contributed by atoms with Gasteiger partial charge in [-0.1, -0.05) is 11.8 Å². The van der Waals surface area contributed by atoms with Gasteiger partial charge >= 0.3 is 0 Å². The first-order chi connectivity index (χ1) is 10.0. The molecule has 0 aromatic heterocycles. The van der Waals surface area contributed by atoms with Gasteiger partial charge < -0.3 is 10.6 Å². The van der Waals surface area contributed by atoms with E-state index in [1.807, 2.05) is 13.2 Å². The lowest BCUT2D eigenvalue weighted by molar-refractivity contribution is 0.0740. The van der Waals surface area contributed by atoms with Crippen molar-refractivity contribution in [3.8, 4) is 11.8 Å². The first kappa shape index (κ1) is 17.5. The molecule has 1 unspecified atom stereocenters. The molecule has 0 fully saturated rings. The molecule has 0 saturated carbocycles. The summed E-state index contributed by atoms with van der Waals surface area (Å²) in [6.07, 6.45) is 2.92. The summed E-state index contributed by atoms with van der Waals surface area (Å²) in [7, 11) is 1.73. The highest BCUT2D eigenvalue weighted by atomic mass is 32.2. The number of thioether (sulfide) groups is 1. The van der Waals surface area contributed by atoms with Gasteiger partial charge in [0, 0.05) is 18.7 Å². The highest BCUT2D eigenvalue weighted by molar-refractivity contribution is 7.98. The molecule has 0 aliphatic rings. The normalized spacial score (nSPS) is 11.5. The summed E-state index contributed by atoms with van der Waals surface area (Å²) in [4.78, 5) is 14.2. The van der Waals surface area contributed by atoms with Gasteiger partial charge in [-0.05, 0) is 43.6 Å². The average Bonchev–Trinajstić information content (AvgIpc) is 2.49. The number of nitrogens with two attached hydrogens (primary N) is 1. The molecule has 114 valence electrons. The van der Waals surface area contributed by atoms with Crippen LogP contribution in [0, 0.1) is 17.7 Å². The van der Waals surface area contributed by atoms with Crippen molar-refractivity contribution in [3.05, 3.63) is 35.1 Å². The first-order valence-corrected chi connectivity index (χ1v) is 8.15. The van der Waals surface area contributed by atoms with Crippen molar-refractivity contribution in [3.63, 3.8) is 0 Å². The van der Waals surface area contributed by atoms with Crippen LogP contribution in [0.2, 0.25) is 0 Å². The number of nitrogens with zero attached hydrogens (tertiary/aromatic N) is 1. The molecule has 0 heterocycles. The third kappa shape index (κ3) is 5.07. The second-order valence-corrected chi connectivity index (χ2v) is 5.73. The molecule has 0 radical (unpaired) electrons. The fourth-order valence-corrected chi connectivity index (χ4v) is 2.40. The van der Waals surface area contributed by atoms with Crippen molar-refractivity contribution in [2.45, 2.75) is 19.4 Å². The Hall–Kier alpha value is -1.51. The Kier molecular flexibility index (Phi) is 7.27. The molecule has 1 atom stereocenters. The lowest BCUT2D eigenvalue weighted by Gasteiger charge is -2.25. The van der Waals surface area contributed by atoms with Crippen molar-refractivity contribution in [1.82, 2.24) is 4.90 Å². The molecular formula is C16H21FN2OS. The molecule has 0 aliphatic heterocycles. The number of rotatable bonds is 5. The van der Waals surface area contributed by atoms with Crippen LogP contribution in [0.3, 0.4) is 0 Å². The molecular weight excluding hydrogens is 287 g/mol. The Morgan fingerprint density at radius 3 is 2.86 bits per heavy atom. The fraction of sp³-hybridized carbons (Fsp3) is 0.438. The van der Waals surface area contributed by atoms with Crippen LogP contribution in [0.1, 0.15) is 29.3 Å². The van der Waals surface area contributed by atoms with Crippen LogP contribution in [-0.4, -0.2) is 42.4 Å². The molecule has 0 bridgehead atoms. The molecule has 5 heteroatoms. The van der Waals surface area contributed by atoms with Gasteiger partial charge in [0.15, 0.2) is 0 Å². The zero-order valence-electron chi connectivity index (χ0n) is 12.6. The van der Waals surface area contributed by atoms with Gasteiger partial charge in [0.05, 0.1) is 12.1 Å². The first-order valence-electron chi connectivity index (χ1n) is 6.75. The minimum Gasteiger partial charge on any atom is -0.339 e. The second-order valence-electron chi connectivity index (χ2n) is 4.74. The second kappa shape index (κ2) is 8.71. The number of hydrogen-bond donors (Lipinski definition) is 1. The van der Waals surface area contributed by atoms with E-state index in [4.69, 9.17) is 5.73 Å². The number of hydrogen-bond acceptors (Lipinski definition) is 3. The van der Waals surface area contributed by atoms with Gasteiger partial charge in [-0.2, -0.15) is 11.8 Å². The summed E-state index contributed by atoms with van der Waals surface area (Å²) in [5, 5.41) is 0. The molecule has 2 N–H and O–H groups in total. The van der Waals surface area contributed by atoms with Gasteiger partial charge in [-0.25, -0.2) is 4.39 Å². The van der Waals surface area contributed by atoms with E-state index in [0.717, 1.165) is 12.2 Å². The predicted octanol–water partition coefficient (Wildman–Crippen LogP) is 2.35. The minimum absolute atomic E-state index is 0.0866. The lowest BCUT2D eigenvalue weighted by atomic mass is 10.1. The Labute approximate surface area is 130 Å². The smallest absolute Gasteiger partial charge is 0.255 e. The van der Waals surface area contributed by atoms with E-state index in [1.54, 1.807) is 23.7 Å². The van der Waals surface area contributed by atoms with Crippen LogP contribution in [0.4, 0.5) is 4.39 Å². The van der Waals surface area contributed by atoms with Crippen LogP contribution in [-0.2, 0) is 0 Å². The van der Waals surface area contributed by atoms with Crippen molar-refractivity contribution < 1.29 is 9.18 Å². The van der Waals surface area contributed by atoms with Gasteiger partial charge in [-0.3, -0.25) is 4.79 Å². The number of carbonyl (C=O) groups excluding carboxylic acids is 1. The predicted molar refractivity (Wildman–Crippen MR) is 86.9 cm³/mol. The number of benzene rings is 1. The Balaban J connectivity index is 3.02. The van der Waals surface area contributed by atoms with Crippen LogP contribution in [0.5, 0.6) is 0 Å². The van der Waals surface area contributed by atoms with E-state index < -0.39 is 5.82 Å². The molecule has 0 aliphatic carbocycles. The molecule has 1 amide bonds. The molecule has 0 spiro atoms. The summed E-state index contributed by atoms with van der Waals surface area (Å²) in [5.74, 6) is 5.84. The van der Waals surface area contributed by atoms with Gasteiger partial charge in [0.2, 0.25) is 0 Å². The highest BCUT2D eigenvalue weighted by Crippen LogP contribution is 2.16. The summed E-state index contributed by atoms with van der Waals surface area (Å²) in [6.45, 7) is 2.18. The largest absolute Gasteiger partial charge is 0.339 e. The lowest BCUT2D eigenvalue weighted by Crippen LogP contribution is -2.35. The molecule has 3 nitrogen and oxygen atoms in total. The maximum absolute atomic E-state index is 13.4. The van der Waals surface area contributed by atoms with Crippen LogP contribution in [0.15, 0.2) is 18.2 Å². The Morgan fingerprint density at radius 1 is 1.52 bits per heavy atom. The van der Waals surface area contributed by atoms with E-state index in [0.29, 0.717) is 5.56 Å². The zero-order valence-corrected chi connectivity index (χ0v) is 13.5. The Morgan fingerprint density at radius 2 is 2.24 bits per heavy atom. The summed E-state index contributed by atoms with van der Waals surface area (Å²) < 4.78 is 13.4. The maximum Gasteiger partial charge on any atom is 0.255 e. The quantitative estimate of drug-likeness (QED) is 0.849. The molecule has 1 aromatic carbocycles. The molecule has 1 rings (SSSR count). The summed E-state index contributed by atoms with van der Waals surface area (Å²) in [5.41, 5.74) is 6.15. The van der Waals surface area contributed by atoms with Gasteiger partial charge in [0.25, 0.3) is 5.91 Å². The fourth-order valence-electron chi connectivity index (χ4n) is 1.82. The van der Waals surface area contributed by atoms with Crippen molar-refractivity contribution in [1.29, 1.82) is 0 Å². The number of halogens is 1. The van der Waals surface area contributed by atoms with Crippen LogP contribution >= 0.6 is 11.8 Å². The number of carbonyl (C=O) groups is 1. The topological polar surface area (TPSA) is 46.3 Å². The SMILES string of the molecule is CSCCC(C)N(C)C(=O)c1cc(F)ccc1C#CCN. The maximum atomic E-state index is 13.4. The van der Waals surface area contributed by atoms with Crippen LogP contribution in [0.25, 0.3) is 0 Å². The van der Waals surface area contributed by atoms with Gasteiger partial charge in [-0.15, -0.1) is 0 Å². The minimum atomic E-state index is -0.443. The summed E-state index contributed by atoms with van der Waals surface area (Å²) >= 11 is 1.74. The molecule has 21 heavy (non-hydrogen) atoms. The van der Waals surface area contributed by atoms with Crippen molar-refractivity contribution in [2.24, 2.45) is 5.73 Å². The van der Waals surface area contributed by atoms with E-state index >= 15 is 0 Å². The third-order valence-electron chi connectivity index (χ3n) is 3.26. The van der Waals surface area contributed by atoms with Gasteiger partial charge in [0.1, 0.15) is 5.82 Å². The highest BCUT2D eigenvalue weighted by Gasteiger charge is 2.20. The zero-order chi connectivity index (χ0) is 15.8. The summed E-state index contributed by atoms with van der Waals surface area (Å²) in [6, 6.07) is 4.14. The van der Waals surface area contributed by atoms with Crippen LogP contribution < -0.4 is 5.73 Å². The Bertz CT molecular complexity index is 551. The standard InChI is InChI=1S/C16H21FN2OS/c1-12(8-10-21-3)19(2)16(20)15-11-14(17)7-6-13(15)5-4-9-18/h6-7,11-12H,8-10,18H2,1-3H3. The monoisotopic (exact) mass is 308 g/mol. The van der Waals surface area contributed by atoms with E-state index in [-0.39, 0.29) is 24.1 Å². The third-order valence-corrected chi connectivity index (χ3v) is 3.90. The molecule has 0 saturated heterocycles. The van der Waals surface area contributed by atoms with Crippen molar-refractivity contribution >= 4 is 17.7 Å². The van der Waals surface area contributed by atoms with E-state index in [9.17, 15) is 9.18 Å². The van der Waals surface area contributed by atoms with E-state index in [2.05, 4.69) is 11.8 Å². The number of amides is 1.